The van der Waals surface area contributed by atoms with Gasteiger partial charge in [-0.2, -0.15) is 10.4 Å². The van der Waals surface area contributed by atoms with Crippen molar-refractivity contribution in [2.75, 3.05) is 39.8 Å². The highest BCUT2D eigenvalue weighted by atomic mass is 35.5. The Kier molecular flexibility index (Phi) is 18.2. The van der Waals surface area contributed by atoms with E-state index in [1.165, 1.54) is 104 Å². The molecule has 0 bridgehead atoms. The second kappa shape index (κ2) is 23.8. The maximum atomic E-state index is 15.2. The molecule has 7 rings (SSSR count). The lowest BCUT2D eigenvalue weighted by Crippen LogP contribution is -2.45. The van der Waals surface area contributed by atoms with E-state index in [9.17, 15) is 5.26 Å². The van der Waals surface area contributed by atoms with Crippen LogP contribution in [0.4, 0.5) is 5.82 Å². The number of anilines is 1. The number of ether oxygens (including phenoxy) is 7. The fourth-order valence-corrected chi connectivity index (χ4v) is 11.4. The number of nitrogens with two attached hydrogens (primary N) is 1. The number of nitrogen functional groups attached to an aromatic ring is 1. The minimum absolute atomic E-state index is 0.0550. The van der Waals surface area contributed by atoms with E-state index in [-0.39, 0.29) is 41.0 Å². The number of benzene rings is 2. The predicted octanol–water partition coefficient (Wildman–Crippen LogP) is 11.7. The van der Waals surface area contributed by atoms with Crippen LogP contribution >= 0.6 is 19.4 Å². The van der Waals surface area contributed by atoms with Gasteiger partial charge in [-0.05, 0) is 51.5 Å². The molecule has 1 saturated carbocycles. The monoisotopic (exact) mass is 995 g/mol. The molecule has 3 fully saturated rings. The van der Waals surface area contributed by atoms with E-state index in [4.69, 9.17) is 64.1 Å². The lowest BCUT2D eigenvalue weighted by Gasteiger charge is -2.33. The van der Waals surface area contributed by atoms with Crippen LogP contribution in [0, 0.1) is 11.3 Å². The van der Waals surface area contributed by atoms with Gasteiger partial charge in [-0.25, -0.2) is 14.1 Å². The first-order valence-electron chi connectivity index (χ1n) is 24.7. The molecule has 2 aromatic heterocycles. The lowest BCUT2D eigenvalue weighted by molar-refractivity contribution is -0.196. The average molecular weight is 997 g/mol. The van der Waals surface area contributed by atoms with Crippen molar-refractivity contribution in [3.63, 3.8) is 0 Å². The van der Waals surface area contributed by atoms with Crippen LogP contribution in [0.5, 0.6) is 23.0 Å². The van der Waals surface area contributed by atoms with E-state index >= 15 is 4.57 Å². The topological polar surface area (TPSA) is 189 Å². The number of para-hydroxylation sites is 1. The minimum Gasteiger partial charge on any atom is -0.495 e. The molecule has 2 N–H and O–H groups in total. The van der Waals surface area contributed by atoms with Crippen molar-refractivity contribution in [2.24, 2.45) is 0 Å². The lowest BCUT2D eigenvalue weighted by atomic mass is 9.91. The Bertz CT molecular complexity index is 2370. The third kappa shape index (κ3) is 12.5. The zero-order chi connectivity index (χ0) is 49.1. The number of phosphoric ester groups is 1. The van der Waals surface area contributed by atoms with E-state index in [2.05, 4.69) is 23.1 Å². The summed E-state index contributed by atoms with van der Waals surface area (Å²) in [6.07, 6.45) is 18.4. The number of unbranched alkanes of at least 4 members (excludes halogenated alkanes) is 15. The fourth-order valence-electron chi connectivity index (χ4n) is 9.67. The third-order valence-corrected chi connectivity index (χ3v) is 14.9. The number of hydrogen-bond donors (Lipinski definition) is 1. The summed E-state index contributed by atoms with van der Waals surface area (Å²) in [5, 5.41) is 14.5. The van der Waals surface area contributed by atoms with Gasteiger partial charge in [0.05, 0.1) is 38.1 Å². The van der Waals surface area contributed by atoms with Crippen LogP contribution in [-0.4, -0.2) is 84.4 Å². The maximum Gasteiger partial charge on any atom is 0.530 e. The van der Waals surface area contributed by atoms with E-state index in [1.54, 1.807) is 54.8 Å². The van der Waals surface area contributed by atoms with Crippen molar-refractivity contribution in [2.45, 2.75) is 172 Å². The van der Waals surface area contributed by atoms with Gasteiger partial charge in [-0.15, -0.1) is 0 Å². The van der Waals surface area contributed by atoms with Gasteiger partial charge >= 0.3 is 7.82 Å². The largest absolute Gasteiger partial charge is 0.530 e. The molecule has 378 valence electrons. The Labute approximate surface area is 412 Å². The van der Waals surface area contributed by atoms with Crippen LogP contribution in [0.25, 0.3) is 5.52 Å². The quantitative estimate of drug-likeness (QED) is 0.0370. The van der Waals surface area contributed by atoms with Crippen molar-refractivity contribution in [1.82, 2.24) is 14.6 Å². The van der Waals surface area contributed by atoms with Crippen molar-refractivity contribution in [3.05, 3.63) is 71.1 Å². The van der Waals surface area contributed by atoms with Crippen molar-refractivity contribution < 1.29 is 51.3 Å². The van der Waals surface area contributed by atoms with Gasteiger partial charge in [0.2, 0.25) is 0 Å². The molecular formula is C51H71ClN5O11P. The summed E-state index contributed by atoms with van der Waals surface area (Å²) in [6, 6.07) is 15.5. The molecule has 16 nitrogen and oxygen atoms in total. The molecule has 4 heterocycles. The van der Waals surface area contributed by atoms with Crippen molar-refractivity contribution in [3.8, 4) is 29.1 Å². The SMILES string of the molecule is CCCCCCCCCCCCCCCCCCOC[C@H](COP(=O)(Oc1ccccc1Cl)OC1[C@H]2O[C@@](C)(c3ccc4c(N)ncnn34)[C@@H]3OC(C)(C)O[C@]123)Oc1cc(OC)c(C#N)c(OC)c1. The maximum absolute atomic E-state index is 15.2. The summed E-state index contributed by atoms with van der Waals surface area (Å²) < 4.78 is 79.2. The first kappa shape index (κ1) is 52.6. The highest BCUT2D eigenvalue weighted by molar-refractivity contribution is 7.49. The zero-order valence-electron chi connectivity index (χ0n) is 41.1. The molecule has 7 atom stereocenters. The normalized spacial score (nSPS) is 23.5. The minimum atomic E-state index is -4.61. The van der Waals surface area contributed by atoms with Crippen LogP contribution < -0.4 is 24.5 Å². The molecule has 18 heteroatoms. The smallest absolute Gasteiger partial charge is 0.495 e. The summed E-state index contributed by atoms with van der Waals surface area (Å²) >= 11 is 6.56. The number of nitriles is 1. The second-order valence-electron chi connectivity index (χ2n) is 18.9. The van der Waals surface area contributed by atoms with Gasteiger partial charge in [0.25, 0.3) is 0 Å². The molecule has 4 aromatic rings. The van der Waals surface area contributed by atoms with Gasteiger partial charge in [-0.1, -0.05) is 127 Å². The average Bonchev–Trinajstić information content (AvgIpc) is 3.64. The Balaban J connectivity index is 0.999. The first-order chi connectivity index (χ1) is 33.3. The van der Waals surface area contributed by atoms with E-state index in [1.807, 2.05) is 19.1 Å². The third-order valence-electron chi connectivity index (χ3n) is 13.2. The van der Waals surface area contributed by atoms with Gasteiger partial charge in [-0.3, -0.25) is 9.05 Å². The molecule has 69 heavy (non-hydrogen) atoms. The highest BCUT2D eigenvalue weighted by Crippen LogP contribution is 2.70. The molecule has 1 aliphatic carbocycles. The van der Waals surface area contributed by atoms with Gasteiger partial charge in [0, 0.05) is 18.7 Å². The van der Waals surface area contributed by atoms with Gasteiger partial charge in [0.15, 0.2) is 17.2 Å². The van der Waals surface area contributed by atoms with E-state index in [0.29, 0.717) is 29.4 Å². The molecule has 1 spiro atoms. The number of aromatic nitrogens is 3. The van der Waals surface area contributed by atoms with Crippen LogP contribution in [0.2, 0.25) is 5.02 Å². The van der Waals surface area contributed by atoms with Crippen LogP contribution in [0.3, 0.4) is 0 Å². The summed E-state index contributed by atoms with van der Waals surface area (Å²) in [4.78, 5) is 4.13. The Morgan fingerprint density at radius 1 is 0.855 bits per heavy atom. The standard InChI is InChI=1S/C51H71ClN5O11P/c1-7-8-9-10-11-12-13-14-15-16-17-18-19-20-21-24-29-61-33-37(63-36-30-42(59-5)38(32-53)43(31-36)60-6)34-62-69(58,66-41-26-23-22-25-39(41)52)67-46-45-51(46)48(65-49(2,3)68-51)50(4,64-45)44-28-27-40-47(54)55-35-56-57(40)44/h22-23,25-28,30-31,35,37,45-46,48H,7-21,24,29,33-34H2,1-6H3,(H2,54,55,56)/t37-,45-,46?,48+,50+,51+,69?/m1/s1. The van der Waals surface area contributed by atoms with Crippen LogP contribution in [0.1, 0.15) is 142 Å². The number of halogens is 1. The summed E-state index contributed by atoms with van der Waals surface area (Å²) in [5.74, 6) is 0.121. The fraction of sp³-hybridized carbons (Fsp3) is 0.627. The Morgan fingerprint density at radius 2 is 1.48 bits per heavy atom. The first-order valence-corrected chi connectivity index (χ1v) is 26.6. The molecule has 0 radical (unpaired) electrons. The Morgan fingerprint density at radius 3 is 2.09 bits per heavy atom. The van der Waals surface area contributed by atoms with E-state index < -0.39 is 49.2 Å². The number of fused-ring (bicyclic) bond motifs is 1. The second-order valence-corrected chi connectivity index (χ2v) is 20.8. The molecule has 0 amide bonds. The molecule has 2 aliphatic heterocycles. The summed E-state index contributed by atoms with van der Waals surface area (Å²) in [7, 11) is -1.70. The summed E-state index contributed by atoms with van der Waals surface area (Å²) in [5.41, 5.74) is 5.34. The molecule has 2 unspecified atom stereocenters. The number of hydrogen-bond acceptors (Lipinski definition) is 15. The number of nitrogens with zero attached hydrogens (tertiary/aromatic N) is 4. The van der Waals surface area contributed by atoms with Crippen LogP contribution in [-0.2, 0) is 38.2 Å². The highest BCUT2D eigenvalue weighted by Gasteiger charge is 2.88. The zero-order valence-corrected chi connectivity index (χ0v) is 42.8. The van der Waals surface area contributed by atoms with E-state index in [0.717, 1.165) is 19.3 Å². The molecule has 3 aliphatic rings. The summed E-state index contributed by atoms with van der Waals surface area (Å²) in [6.45, 7) is 7.97. The molecular weight excluding hydrogens is 925 g/mol. The van der Waals surface area contributed by atoms with Crippen molar-refractivity contribution in [1.29, 1.82) is 5.26 Å². The molecule has 2 aromatic carbocycles. The number of methoxy groups -OCH3 is 2. The van der Waals surface area contributed by atoms with Gasteiger partial charge in [0.1, 0.15) is 76.5 Å². The van der Waals surface area contributed by atoms with Gasteiger partial charge < -0.3 is 43.4 Å². The number of phosphoric acid groups is 1. The number of rotatable bonds is 31. The molecule has 2 saturated heterocycles. The Hall–Kier alpha value is -4.17. The van der Waals surface area contributed by atoms with Crippen LogP contribution in [0.15, 0.2) is 54.9 Å². The predicted molar refractivity (Wildman–Crippen MR) is 262 cm³/mol. The van der Waals surface area contributed by atoms with Crippen molar-refractivity contribution >= 4 is 30.8 Å².